The molecule has 0 heterocycles. The van der Waals surface area contributed by atoms with Gasteiger partial charge in [0.2, 0.25) is 5.91 Å². The highest BCUT2D eigenvalue weighted by Gasteiger charge is 2.00. The molecule has 0 aliphatic carbocycles. The number of thioether (sulfide) groups is 1. The first-order valence-electron chi connectivity index (χ1n) is 6.29. The highest BCUT2D eigenvalue weighted by molar-refractivity contribution is 7.99. The van der Waals surface area contributed by atoms with Gasteiger partial charge in [-0.1, -0.05) is 29.8 Å². The molecule has 0 aromatic heterocycles. The molecule has 0 unspecified atom stereocenters. The fourth-order valence-corrected chi connectivity index (χ4v) is 2.30. The summed E-state index contributed by atoms with van der Waals surface area (Å²) < 4.78 is 0. The van der Waals surface area contributed by atoms with Crippen molar-refractivity contribution < 1.29 is 4.79 Å². The Balaban J connectivity index is 2.13. The Kier molecular flexibility index (Phi) is 7.26. The Bertz CT molecular complexity index is 384. The first kappa shape index (κ1) is 14.8. The second-order valence-corrected chi connectivity index (χ2v) is 5.29. The van der Waals surface area contributed by atoms with Crippen molar-refractivity contribution in [3.63, 3.8) is 0 Å². The van der Waals surface area contributed by atoms with Gasteiger partial charge in [0.1, 0.15) is 0 Å². The molecule has 0 spiro atoms. The van der Waals surface area contributed by atoms with Crippen LogP contribution in [0.3, 0.4) is 0 Å². The molecule has 1 amide bonds. The lowest BCUT2D eigenvalue weighted by atomic mass is 10.2. The predicted octanol–water partition coefficient (Wildman–Crippen LogP) is 3.56. The maximum atomic E-state index is 11.5. The number of allylic oxidation sites excluding steroid dienone is 1. The quantitative estimate of drug-likeness (QED) is 0.463. The van der Waals surface area contributed by atoms with E-state index in [1.54, 1.807) is 11.8 Å². The number of hydrogen-bond donors (Lipinski definition) is 1. The van der Waals surface area contributed by atoms with E-state index in [1.807, 2.05) is 13.0 Å². The standard InChI is InChI=1S/C15H21NOS/c1-3-4-5-11-16-15(17)10-12-18-14-8-6-13(2)7-9-14/h3-4,6-9H,5,10-12H2,1-2H3,(H,16,17)/b4-3+. The molecule has 0 fully saturated rings. The van der Waals surface area contributed by atoms with Crippen molar-refractivity contribution in [2.45, 2.75) is 31.6 Å². The van der Waals surface area contributed by atoms with Crippen molar-refractivity contribution in [1.82, 2.24) is 5.32 Å². The number of aryl methyl sites for hydroxylation is 1. The van der Waals surface area contributed by atoms with Gasteiger partial charge in [0, 0.05) is 23.6 Å². The Labute approximate surface area is 114 Å². The van der Waals surface area contributed by atoms with Crippen LogP contribution in [0.15, 0.2) is 41.3 Å². The van der Waals surface area contributed by atoms with Crippen molar-refractivity contribution in [3.05, 3.63) is 42.0 Å². The van der Waals surface area contributed by atoms with Crippen molar-refractivity contribution in [1.29, 1.82) is 0 Å². The van der Waals surface area contributed by atoms with E-state index in [1.165, 1.54) is 10.5 Å². The second-order valence-electron chi connectivity index (χ2n) is 4.12. The molecule has 1 aromatic carbocycles. The Hall–Kier alpha value is -1.22. The van der Waals surface area contributed by atoms with Gasteiger partial charge in [0.25, 0.3) is 0 Å². The molecule has 0 radical (unpaired) electrons. The van der Waals surface area contributed by atoms with E-state index in [-0.39, 0.29) is 5.91 Å². The van der Waals surface area contributed by atoms with Gasteiger partial charge in [0.15, 0.2) is 0 Å². The summed E-state index contributed by atoms with van der Waals surface area (Å²) in [7, 11) is 0. The number of carbonyl (C=O) groups is 1. The summed E-state index contributed by atoms with van der Waals surface area (Å²) in [5.74, 6) is 0.970. The fraction of sp³-hybridized carbons (Fsp3) is 0.400. The number of rotatable bonds is 7. The summed E-state index contributed by atoms with van der Waals surface area (Å²) in [6.45, 7) is 4.80. The summed E-state index contributed by atoms with van der Waals surface area (Å²) >= 11 is 1.73. The third-order valence-corrected chi connectivity index (χ3v) is 3.50. The van der Waals surface area contributed by atoms with Gasteiger partial charge in [0.05, 0.1) is 0 Å². The number of carbonyl (C=O) groups excluding carboxylic acids is 1. The van der Waals surface area contributed by atoms with Crippen molar-refractivity contribution in [2.75, 3.05) is 12.3 Å². The van der Waals surface area contributed by atoms with Gasteiger partial charge < -0.3 is 5.32 Å². The molecule has 0 saturated carbocycles. The summed E-state index contributed by atoms with van der Waals surface area (Å²) in [5.41, 5.74) is 1.26. The van der Waals surface area contributed by atoms with Crippen LogP contribution in [0.1, 0.15) is 25.3 Å². The average Bonchev–Trinajstić information content (AvgIpc) is 2.37. The summed E-state index contributed by atoms with van der Waals surface area (Å²) in [5, 5.41) is 2.91. The number of hydrogen-bond acceptors (Lipinski definition) is 2. The molecule has 0 aliphatic rings. The number of amides is 1. The predicted molar refractivity (Wildman–Crippen MR) is 79.0 cm³/mol. The molecule has 1 rings (SSSR count). The van der Waals surface area contributed by atoms with Gasteiger partial charge in [-0.3, -0.25) is 4.79 Å². The summed E-state index contributed by atoms with van der Waals surface area (Å²) in [6.07, 6.45) is 5.54. The van der Waals surface area contributed by atoms with E-state index in [0.717, 1.165) is 18.7 Å². The minimum Gasteiger partial charge on any atom is -0.356 e. The third-order valence-electron chi connectivity index (χ3n) is 2.49. The van der Waals surface area contributed by atoms with Crippen LogP contribution in [-0.2, 0) is 4.79 Å². The van der Waals surface area contributed by atoms with Crippen molar-refractivity contribution >= 4 is 17.7 Å². The molecule has 0 saturated heterocycles. The largest absolute Gasteiger partial charge is 0.356 e. The topological polar surface area (TPSA) is 29.1 Å². The molecule has 18 heavy (non-hydrogen) atoms. The molecule has 1 N–H and O–H groups in total. The van der Waals surface area contributed by atoms with Crippen LogP contribution < -0.4 is 5.32 Å². The van der Waals surface area contributed by atoms with E-state index >= 15 is 0 Å². The van der Waals surface area contributed by atoms with E-state index < -0.39 is 0 Å². The van der Waals surface area contributed by atoms with E-state index in [2.05, 4.69) is 42.6 Å². The normalized spacial score (nSPS) is 10.8. The lowest BCUT2D eigenvalue weighted by molar-refractivity contribution is -0.120. The van der Waals surface area contributed by atoms with Crippen LogP contribution in [0.25, 0.3) is 0 Å². The minimum atomic E-state index is 0.138. The summed E-state index contributed by atoms with van der Waals surface area (Å²) in [6, 6.07) is 8.40. The monoisotopic (exact) mass is 263 g/mol. The molecule has 98 valence electrons. The molecule has 0 atom stereocenters. The average molecular weight is 263 g/mol. The van der Waals surface area contributed by atoms with Gasteiger partial charge in [-0.15, -0.1) is 11.8 Å². The minimum absolute atomic E-state index is 0.138. The number of nitrogens with one attached hydrogen (secondary N) is 1. The van der Waals surface area contributed by atoms with Gasteiger partial charge >= 0.3 is 0 Å². The SMILES string of the molecule is C/C=C/CCNC(=O)CCSc1ccc(C)cc1. The van der Waals surface area contributed by atoms with Gasteiger partial charge in [-0.05, 0) is 32.4 Å². The first-order valence-corrected chi connectivity index (χ1v) is 7.28. The van der Waals surface area contributed by atoms with Crippen molar-refractivity contribution in [3.8, 4) is 0 Å². The maximum absolute atomic E-state index is 11.5. The van der Waals surface area contributed by atoms with Crippen LogP contribution in [0.2, 0.25) is 0 Å². The molecule has 0 aliphatic heterocycles. The number of benzene rings is 1. The zero-order valence-electron chi connectivity index (χ0n) is 11.1. The van der Waals surface area contributed by atoms with E-state index in [4.69, 9.17) is 0 Å². The third kappa shape index (κ3) is 6.50. The molecular formula is C15H21NOS. The van der Waals surface area contributed by atoms with Crippen LogP contribution >= 0.6 is 11.8 Å². The molecular weight excluding hydrogens is 242 g/mol. The molecule has 0 bridgehead atoms. The molecule has 1 aromatic rings. The van der Waals surface area contributed by atoms with E-state index in [9.17, 15) is 4.79 Å². The molecule has 3 heteroatoms. The molecule has 2 nitrogen and oxygen atoms in total. The Morgan fingerprint density at radius 3 is 2.72 bits per heavy atom. The lowest BCUT2D eigenvalue weighted by Gasteiger charge is -2.04. The van der Waals surface area contributed by atoms with Crippen molar-refractivity contribution in [2.24, 2.45) is 0 Å². The maximum Gasteiger partial charge on any atom is 0.220 e. The second kappa shape index (κ2) is 8.81. The lowest BCUT2D eigenvalue weighted by Crippen LogP contribution is -2.24. The highest BCUT2D eigenvalue weighted by atomic mass is 32.2. The van der Waals surface area contributed by atoms with Crippen LogP contribution in [0, 0.1) is 6.92 Å². The fourth-order valence-electron chi connectivity index (χ4n) is 1.45. The first-order chi connectivity index (χ1) is 8.72. The Morgan fingerprint density at radius 2 is 2.06 bits per heavy atom. The smallest absolute Gasteiger partial charge is 0.220 e. The Morgan fingerprint density at radius 1 is 1.33 bits per heavy atom. The van der Waals surface area contributed by atoms with Crippen LogP contribution in [0.4, 0.5) is 0 Å². The van der Waals surface area contributed by atoms with Gasteiger partial charge in [-0.2, -0.15) is 0 Å². The summed E-state index contributed by atoms with van der Waals surface area (Å²) in [4.78, 5) is 12.7. The van der Waals surface area contributed by atoms with Crippen LogP contribution in [0.5, 0.6) is 0 Å². The van der Waals surface area contributed by atoms with E-state index in [0.29, 0.717) is 6.42 Å². The highest BCUT2D eigenvalue weighted by Crippen LogP contribution is 2.18. The zero-order valence-corrected chi connectivity index (χ0v) is 11.9. The zero-order chi connectivity index (χ0) is 13.2. The van der Waals surface area contributed by atoms with Crippen LogP contribution in [-0.4, -0.2) is 18.2 Å². The van der Waals surface area contributed by atoms with Gasteiger partial charge in [-0.25, -0.2) is 0 Å².